The van der Waals surface area contributed by atoms with E-state index in [1.807, 2.05) is 11.0 Å². The predicted molar refractivity (Wildman–Crippen MR) is 139 cm³/mol. The highest BCUT2D eigenvalue weighted by Gasteiger charge is 2.77. The van der Waals surface area contributed by atoms with Gasteiger partial charge in [0.1, 0.15) is 6.10 Å². The van der Waals surface area contributed by atoms with Gasteiger partial charge in [-0.25, -0.2) is 0 Å². The Morgan fingerprint density at radius 3 is 2.66 bits per heavy atom. The molecule has 4 aliphatic heterocycles. The lowest BCUT2D eigenvalue weighted by atomic mass is 9.40. The van der Waals surface area contributed by atoms with Crippen LogP contribution in [0.4, 0.5) is 0 Å². The minimum atomic E-state index is -0.876. The number of phenols is 1. The number of aromatic hydroxyl groups is 1. The number of piperidine rings is 1. The van der Waals surface area contributed by atoms with Crippen molar-refractivity contribution in [1.29, 1.82) is 0 Å². The summed E-state index contributed by atoms with van der Waals surface area (Å²) >= 11 is 0. The molecule has 38 heavy (non-hydrogen) atoms. The maximum absolute atomic E-state index is 13.5. The van der Waals surface area contributed by atoms with Crippen molar-refractivity contribution < 1.29 is 24.5 Å². The molecule has 7 nitrogen and oxygen atoms in total. The Bertz CT molecular complexity index is 1260. The van der Waals surface area contributed by atoms with E-state index >= 15 is 0 Å². The number of amides is 1. The minimum Gasteiger partial charge on any atom is -0.504 e. The second-order valence-corrected chi connectivity index (χ2v) is 13.9. The summed E-state index contributed by atoms with van der Waals surface area (Å²) in [7, 11) is 0. The molecule has 2 unspecified atom stereocenters. The molecule has 2 bridgehead atoms. The molecule has 7 atom stereocenters. The van der Waals surface area contributed by atoms with Crippen LogP contribution in [0.5, 0.6) is 11.5 Å². The quantitative estimate of drug-likeness (QED) is 0.599. The van der Waals surface area contributed by atoms with Crippen molar-refractivity contribution in [2.45, 2.75) is 74.5 Å². The lowest BCUT2D eigenvalue weighted by Gasteiger charge is -2.68. The smallest absolute Gasteiger partial charge is 0.246 e. The number of likely N-dealkylation sites (tertiary alicyclic amines) is 2. The highest BCUT2D eigenvalue weighted by molar-refractivity contribution is 5.89. The number of rotatable bonds is 3. The van der Waals surface area contributed by atoms with E-state index in [9.17, 15) is 15.0 Å². The fraction of sp³-hybridized carbons (Fsp3) is 0.710. The van der Waals surface area contributed by atoms with Crippen molar-refractivity contribution in [3.63, 3.8) is 0 Å². The normalized spacial score (nSPS) is 45.2. The van der Waals surface area contributed by atoms with Crippen LogP contribution in [0.25, 0.3) is 0 Å². The summed E-state index contributed by atoms with van der Waals surface area (Å²) < 4.78 is 12.5. The first-order valence-corrected chi connectivity index (χ1v) is 15.0. The Hall–Kier alpha value is -2.09. The average molecular weight is 519 g/mol. The zero-order valence-corrected chi connectivity index (χ0v) is 22.0. The number of hydrogen-bond donors (Lipinski definition) is 2. The molecule has 0 radical (unpaired) electrons. The number of benzene rings is 1. The second kappa shape index (κ2) is 7.35. The van der Waals surface area contributed by atoms with Gasteiger partial charge < -0.3 is 24.6 Å². The molecule has 0 aromatic heterocycles. The van der Waals surface area contributed by atoms with Gasteiger partial charge in [-0.05, 0) is 75.5 Å². The Kier molecular flexibility index (Phi) is 4.39. The molecule has 1 aromatic rings. The largest absolute Gasteiger partial charge is 0.504 e. The van der Waals surface area contributed by atoms with E-state index in [1.54, 1.807) is 6.07 Å². The number of carbonyl (C=O) groups excluding carboxylic acids is 1. The first kappa shape index (κ1) is 22.7. The zero-order valence-electron chi connectivity index (χ0n) is 22.0. The minimum absolute atomic E-state index is 0.0867. The lowest BCUT2D eigenvalue weighted by Crippen LogP contribution is -2.78. The van der Waals surface area contributed by atoms with Crippen LogP contribution in [0.1, 0.15) is 56.1 Å². The van der Waals surface area contributed by atoms with E-state index < -0.39 is 11.0 Å². The third-order valence-electron chi connectivity index (χ3n) is 12.3. The summed E-state index contributed by atoms with van der Waals surface area (Å²) in [5, 5.41) is 23.7. The SMILES string of the molecule is O=C(/C=C1\CC[C@]12CC[C@@]1(O)[C@H]3Cc4ccc(O)c5c4[C@@]1(CCN3CC1CC1)[C@H]2O5)N1CC2COCC2C1. The lowest BCUT2D eigenvalue weighted by molar-refractivity contribution is -0.218. The van der Waals surface area contributed by atoms with E-state index in [4.69, 9.17) is 9.47 Å². The average Bonchev–Trinajstić information content (AvgIpc) is 3.27. The van der Waals surface area contributed by atoms with Crippen molar-refractivity contribution in [3.8, 4) is 11.5 Å². The Balaban J connectivity index is 1.11. The third kappa shape index (κ3) is 2.64. The van der Waals surface area contributed by atoms with Crippen molar-refractivity contribution in [1.82, 2.24) is 9.80 Å². The van der Waals surface area contributed by atoms with Crippen LogP contribution in [-0.2, 0) is 21.4 Å². The van der Waals surface area contributed by atoms with Gasteiger partial charge >= 0.3 is 0 Å². The number of fused-ring (bicyclic) bond motifs is 2. The molecule has 3 saturated carbocycles. The van der Waals surface area contributed by atoms with Crippen LogP contribution in [0, 0.1) is 23.2 Å². The first-order chi connectivity index (χ1) is 18.4. The van der Waals surface area contributed by atoms with Gasteiger partial charge in [-0.2, -0.15) is 0 Å². The highest BCUT2D eigenvalue weighted by Crippen LogP contribution is 2.72. The number of aliphatic hydroxyl groups is 1. The summed E-state index contributed by atoms with van der Waals surface area (Å²) in [5.74, 6) is 2.66. The van der Waals surface area contributed by atoms with Gasteiger partial charge in [-0.3, -0.25) is 9.69 Å². The predicted octanol–water partition coefficient (Wildman–Crippen LogP) is 2.77. The highest BCUT2D eigenvalue weighted by atomic mass is 16.5. The third-order valence-corrected chi connectivity index (χ3v) is 12.3. The molecule has 1 aromatic carbocycles. The Labute approximate surface area is 223 Å². The monoisotopic (exact) mass is 518 g/mol. The number of nitrogens with zero attached hydrogens (tertiary/aromatic N) is 2. The Morgan fingerprint density at radius 2 is 1.92 bits per heavy atom. The number of ether oxygens (including phenoxy) is 2. The molecule has 2 N–H and O–H groups in total. The van der Waals surface area contributed by atoms with Gasteiger partial charge in [0, 0.05) is 54.6 Å². The number of phenolic OH excluding ortho intramolecular Hbond substituents is 1. The molecule has 4 heterocycles. The molecule has 9 rings (SSSR count). The van der Waals surface area contributed by atoms with E-state index in [0.717, 1.165) is 89.4 Å². The summed E-state index contributed by atoms with van der Waals surface area (Å²) in [6, 6.07) is 3.95. The maximum atomic E-state index is 13.5. The molecule has 202 valence electrons. The molecule has 2 spiro atoms. The van der Waals surface area contributed by atoms with Crippen LogP contribution in [-0.4, -0.2) is 83.1 Å². The van der Waals surface area contributed by atoms with Gasteiger partial charge in [0.15, 0.2) is 11.5 Å². The van der Waals surface area contributed by atoms with Crippen LogP contribution in [0.3, 0.4) is 0 Å². The van der Waals surface area contributed by atoms with Crippen molar-refractivity contribution in [2.24, 2.45) is 23.2 Å². The zero-order chi connectivity index (χ0) is 25.4. The molecule has 8 aliphatic rings. The van der Waals surface area contributed by atoms with Crippen LogP contribution in [0.15, 0.2) is 23.8 Å². The van der Waals surface area contributed by atoms with Crippen LogP contribution < -0.4 is 4.74 Å². The first-order valence-electron chi connectivity index (χ1n) is 15.0. The van der Waals surface area contributed by atoms with E-state index in [1.165, 1.54) is 24.0 Å². The van der Waals surface area contributed by atoms with E-state index in [0.29, 0.717) is 17.6 Å². The van der Waals surface area contributed by atoms with Gasteiger partial charge in [-0.15, -0.1) is 0 Å². The molecule has 3 saturated heterocycles. The fourth-order valence-electron chi connectivity index (χ4n) is 10.1. The van der Waals surface area contributed by atoms with Crippen molar-refractivity contribution in [2.75, 3.05) is 39.4 Å². The maximum Gasteiger partial charge on any atom is 0.246 e. The van der Waals surface area contributed by atoms with E-state index in [2.05, 4.69) is 11.0 Å². The molecule has 6 fully saturated rings. The standard InChI is InChI=1S/C31H38N2O5/c34-23-4-3-19-11-24-31(36)8-7-29(6-5-22(29)12-25(35)33-14-20-16-37-17-21(20)15-33)28-30(31,26(19)27(23)38-28)9-10-32(24)13-18-1-2-18/h3-4,12,18,20-21,24,28,34,36H,1-2,5-11,13-17H2/b22-12+/t20?,21?,24-,28+,29+,30+,31-/m1/s1. The topological polar surface area (TPSA) is 82.5 Å². The second-order valence-electron chi connectivity index (χ2n) is 13.9. The van der Waals surface area contributed by atoms with Gasteiger partial charge in [0.25, 0.3) is 0 Å². The summed E-state index contributed by atoms with van der Waals surface area (Å²) in [5.41, 5.74) is 1.87. The summed E-state index contributed by atoms with van der Waals surface area (Å²) in [4.78, 5) is 18.1. The number of hydrogen-bond acceptors (Lipinski definition) is 6. The van der Waals surface area contributed by atoms with E-state index in [-0.39, 0.29) is 29.2 Å². The van der Waals surface area contributed by atoms with Crippen LogP contribution >= 0.6 is 0 Å². The fourth-order valence-corrected chi connectivity index (χ4v) is 10.1. The molecular weight excluding hydrogens is 480 g/mol. The number of carbonyl (C=O) groups is 1. The van der Waals surface area contributed by atoms with Crippen LogP contribution in [0.2, 0.25) is 0 Å². The molecule has 4 aliphatic carbocycles. The Morgan fingerprint density at radius 1 is 1.11 bits per heavy atom. The van der Waals surface area contributed by atoms with Gasteiger partial charge in [0.2, 0.25) is 5.91 Å². The van der Waals surface area contributed by atoms with Gasteiger partial charge in [-0.1, -0.05) is 11.6 Å². The summed E-state index contributed by atoms with van der Waals surface area (Å²) in [6.07, 6.45) is 9.44. The molecular formula is C31H38N2O5. The molecule has 7 heteroatoms. The molecule has 1 amide bonds. The summed E-state index contributed by atoms with van der Waals surface area (Å²) in [6.45, 7) is 5.19. The van der Waals surface area contributed by atoms with Crippen molar-refractivity contribution >= 4 is 5.91 Å². The van der Waals surface area contributed by atoms with Crippen molar-refractivity contribution in [3.05, 3.63) is 34.9 Å². The van der Waals surface area contributed by atoms with Gasteiger partial charge in [0.05, 0.1) is 24.2 Å².